The molecule has 0 aliphatic carbocycles. The standard InChI is InChI=1S/C25H27N3OS/c30-25(26-21-11-13-24(14-12-21)29-23-9-5-2-6-10-23)27-22-15-17-28(18-16-22)19-20-7-3-1-4-8-20/h1-14,22H,15-19H2,(H2,26,27,30)/p+1. The van der Waals surface area contributed by atoms with Gasteiger partial charge in [-0.3, -0.25) is 0 Å². The van der Waals surface area contributed by atoms with E-state index < -0.39 is 0 Å². The Bertz CT molecular complexity index is 924. The van der Waals surface area contributed by atoms with E-state index in [1.165, 1.54) is 18.7 Å². The van der Waals surface area contributed by atoms with Crippen LogP contribution in [0.4, 0.5) is 5.69 Å². The second-order valence-corrected chi connectivity index (χ2v) is 8.13. The molecule has 3 N–H and O–H groups in total. The average Bonchev–Trinajstić information content (AvgIpc) is 2.78. The number of likely N-dealkylation sites (tertiary alicyclic amines) is 1. The molecule has 5 heteroatoms. The highest BCUT2D eigenvalue weighted by atomic mass is 32.1. The van der Waals surface area contributed by atoms with Gasteiger partial charge in [0.2, 0.25) is 0 Å². The van der Waals surface area contributed by atoms with Crippen LogP contribution in [0.3, 0.4) is 0 Å². The Balaban J connectivity index is 1.20. The topological polar surface area (TPSA) is 37.7 Å². The van der Waals surface area contributed by atoms with Gasteiger partial charge in [0, 0.05) is 30.1 Å². The summed E-state index contributed by atoms with van der Waals surface area (Å²) in [7, 11) is 0. The average molecular weight is 419 g/mol. The molecule has 154 valence electrons. The summed E-state index contributed by atoms with van der Waals surface area (Å²) in [6, 6.07) is 28.8. The molecule has 4 nitrogen and oxygen atoms in total. The van der Waals surface area contributed by atoms with E-state index in [1.54, 1.807) is 4.90 Å². The Labute approximate surface area is 183 Å². The van der Waals surface area contributed by atoms with E-state index in [0.29, 0.717) is 11.2 Å². The summed E-state index contributed by atoms with van der Waals surface area (Å²) < 4.78 is 5.83. The number of rotatable bonds is 6. The van der Waals surface area contributed by atoms with Crippen molar-refractivity contribution in [3.63, 3.8) is 0 Å². The molecule has 0 spiro atoms. The largest absolute Gasteiger partial charge is 0.457 e. The van der Waals surface area contributed by atoms with Gasteiger partial charge in [0.1, 0.15) is 18.0 Å². The molecule has 1 heterocycles. The number of hydrogen-bond donors (Lipinski definition) is 3. The first-order valence-corrected chi connectivity index (χ1v) is 10.9. The van der Waals surface area contributed by atoms with Gasteiger partial charge in [0.05, 0.1) is 13.1 Å². The maximum Gasteiger partial charge on any atom is 0.171 e. The Kier molecular flexibility index (Phi) is 6.95. The van der Waals surface area contributed by atoms with Gasteiger partial charge >= 0.3 is 0 Å². The number of nitrogens with one attached hydrogen (secondary N) is 3. The molecule has 0 atom stereocenters. The van der Waals surface area contributed by atoms with E-state index in [1.807, 2.05) is 54.6 Å². The lowest BCUT2D eigenvalue weighted by atomic mass is 10.0. The van der Waals surface area contributed by atoms with Crippen LogP contribution in [0.15, 0.2) is 84.9 Å². The predicted octanol–water partition coefficient (Wildman–Crippen LogP) is 4.01. The molecule has 1 fully saturated rings. The predicted molar refractivity (Wildman–Crippen MR) is 126 cm³/mol. The van der Waals surface area contributed by atoms with Crippen LogP contribution in [-0.2, 0) is 6.54 Å². The Morgan fingerprint density at radius 3 is 2.10 bits per heavy atom. The summed E-state index contributed by atoms with van der Waals surface area (Å²) in [4.78, 5) is 1.65. The van der Waals surface area contributed by atoms with Crippen molar-refractivity contribution in [2.24, 2.45) is 0 Å². The van der Waals surface area contributed by atoms with Gasteiger partial charge < -0.3 is 20.3 Å². The molecule has 0 amide bonds. The molecule has 3 aromatic carbocycles. The Morgan fingerprint density at radius 1 is 0.833 bits per heavy atom. The summed E-state index contributed by atoms with van der Waals surface area (Å²) in [6.07, 6.45) is 2.27. The van der Waals surface area contributed by atoms with E-state index in [2.05, 4.69) is 41.0 Å². The fourth-order valence-electron chi connectivity index (χ4n) is 3.82. The molecule has 3 aromatic rings. The molecule has 1 aliphatic heterocycles. The number of piperidine rings is 1. The number of ether oxygens (including phenoxy) is 1. The summed E-state index contributed by atoms with van der Waals surface area (Å²) in [5.41, 5.74) is 2.37. The first-order valence-electron chi connectivity index (χ1n) is 10.5. The minimum Gasteiger partial charge on any atom is -0.457 e. The van der Waals surface area contributed by atoms with Crippen LogP contribution in [0.25, 0.3) is 0 Å². The number of benzene rings is 3. The molecule has 0 unspecified atom stereocenters. The molecule has 1 aliphatic rings. The van der Waals surface area contributed by atoms with Crippen molar-refractivity contribution in [1.82, 2.24) is 5.32 Å². The fraction of sp³-hybridized carbons (Fsp3) is 0.240. The Hall–Kier alpha value is -2.89. The summed E-state index contributed by atoms with van der Waals surface area (Å²) in [5, 5.41) is 7.45. The minimum absolute atomic E-state index is 0.435. The van der Waals surface area contributed by atoms with Crippen LogP contribution < -0.4 is 20.3 Å². The van der Waals surface area contributed by atoms with E-state index in [0.717, 1.165) is 36.6 Å². The van der Waals surface area contributed by atoms with Crippen LogP contribution in [0.5, 0.6) is 11.5 Å². The monoisotopic (exact) mass is 418 g/mol. The second kappa shape index (κ2) is 10.2. The van der Waals surface area contributed by atoms with Gasteiger partial charge in [-0.05, 0) is 48.6 Å². The van der Waals surface area contributed by atoms with Crippen molar-refractivity contribution in [3.05, 3.63) is 90.5 Å². The van der Waals surface area contributed by atoms with E-state index in [-0.39, 0.29) is 0 Å². The molecule has 30 heavy (non-hydrogen) atoms. The molecule has 0 radical (unpaired) electrons. The zero-order valence-corrected chi connectivity index (χ0v) is 17.8. The molecule has 0 bridgehead atoms. The van der Waals surface area contributed by atoms with Crippen LogP contribution >= 0.6 is 12.2 Å². The number of quaternary nitrogens is 1. The molecular formula is C25H28N3OS+. The van der Waals surface area contributed by atoms with Crippen molar-refractivity contribution >= 4 is 23.0 Å². The third-order valence-electron chi connectivity index (χ3n) is 5.42. The smallest absolute Gasteiger partial charge is 0.171 e. The van der Waals surface area contributed by atoms with Gasteiger partial charge in [-0.1, -0.05) is 48.5 Å². The van der Waals surface area contributed by atoms with Gasteiger partial charge in [-0.15, -0.1) is 0 Å². The third kappa shape index (κ3) is 6.05. The number of hydrogen-bond acceptors (Lipinski definition) is 2. The van der Waals surface area contributed by atoms with Gasteiger partial charge in [-0.25, -0.2) is 0 Å². The number of thiocarbonyl (C=S) groups is 1. The summed E-state index contributed by atoms with van der Waals surface area (Å²) in [5.74, 6) is 1.63. The van der Waals surface area contributed by atoms with Crippen LogP contribution in [-0.4, -0.2) is 24.2 Å². The highest BCUT2D eigenvalue weighted by Gasteiger charge is 2.22. The lowest BCUT2D eigenvalue weighted by Crippen LogP contribution is -3.12. The van der Waals surface area contributed by atoms with E-state index in [9.17, 15) is 0 Å². The van der Waals surface area contributed by atoms with Crippen molar-refractivity contribution < 1.29 is 9.64 Å². The summed E-state index contributed by atoms with van der Waals surface area (Å²) in [6.45, 7) is 3.44. The van der Waals surface area contributed by atoms with Crippen molar-refractivity contribution in [2.75, 3.05) is 18.4 Å². The van der Waals surface area contributed by atoms with Crippen LogP contribution in [0, 0.1) is 0 Å². The highest BCUT2D eigenvalue weighted by Crippen LogP contribution is 2.22. The lowest BCUT2D eigenvalue weighted by Gasteiger charge is -2.30. The highest BCUT2D eigenvalue weighted by molar-refractivity contribution is 7.80. The second-order valence-electron chi connectivity index (χ2n) is 7.72. The van der Waals surface area contributed by atoms with Gasteiger partial charge in [-0.2, -0.15) is 0 Å². The maximum absolute atomic E-state index is 5.83. The molecular weight excluding hydrogens is 390 g/mol. The van der Waals surface area contributed by atoms with Crippen LogP contribution in [0.2, 0.25) is 0 Å². The van der Waals surface area contributed by atoms with E-state index in [4.69, 9.17) is 17.0 Å². The first kappa shape index (κ1) is 20.4. The third-order valence-corrected chi connectivity index (χ3v) is 5.64. The zero-order valence-electron chi connectivity index (χ0n) is 17.0. The summed E-state index contributed by atoms with van der Waals surface area (Å²) >= 11 is 5.53. The fourth-order valence-corrected chi connectivity index (χ4v) is 4.10. The maximum atomic E-state index is 5.83. The Morgan fingerprint density at radius 2 is 1.43 bits per heavy atom. The van der Waals surface area contributed by atoms with E-state index >= 15 is 0 Å². The number of para-hydroxylation sites is 1. The normalized spacial score (nSPS) is 18.4. The zero-order chi connectivity index (χ0) is 20.6. The van der Waals surface area contributed by atoms with Gasteiger partial charge in [0.15, 0.2) is 5.11 Å². The van der Waals surface area contributed by atoms with Gasteiger partial charge in [0.25, 0.3) is 0 Å². The van der Waals surface area contributed by atoms with Crippen molar-refractivity contribution in [2.45, 2.75) is 25.4 Å². The molecule has 0 saturated carbocycles. The molecule has 4 rings (SSSR count). The van der Waals surface area contributed by atoms with Crippen LogP contribution in [0.1, 0.15) is 18.4 Å². The quantitative estimate of drug-likeness (QED) is 0.529. The van der Waals surface area contributed by atoms with Crippen molar-refractivity contribution in [1.29, 1.82) is 0 Å². The molecule has 0 aromatic heterocycles. The lowest BCUT2D eigenvalue weighted by molar-refractivity contribution is -0.918. The SMILES string of the molecule is S=C(Nc1ccc(Oc2ccccc2)cc1)NC1CC[NH+](Cc2ccccc2)CC1. The first-order chi connectivity index (χ1) is 14.7. The minimum atomic E-state index is 0.435. The molecule has 1 saturated heterocycles. The van der Waals surface area contributed by atoms with Crippen molar-refractivity contribution in [3.8, 4) is 11.5 Å². The number of anilines is 1.